The molecule has 10 heteroatoms. The zero-order valence-corrected chi connectivity index (χ0v) is 18.4. The van der Waals surface area contributed by atoms with Gasteiger partial charge in [0.05, 0.1) is 22.3 Å². The Kier molecular flexibility index (Phi) is 5.37. The number of amides is 1. The van der Waals surface area contributed by atoms with Gasteiger partial charge in [0.1, 0.15) is 16.2 Å². The molecule has 1 amide bonds. The molecule has 0 spiro atoms. The lowest BCUT2D eigenvalue weighted by Crippen LogP contribution is -2.44. The molecule has 7 nitrogen and oxygen atoms in total. The molecule has 3 atom stereocenters. The molecule has 0 saturated carbocycles. The minimum absolute atomic E-state index is 0.314. The molecule has 4 heterocycles. The first kappa shape index (κ1) is 20.3. The summed E-state index contributed by atoms with van der Waals surface area (Å²) < 4.78 is 17.6. The highest BCUT2D eigenvalue weighted by atomic mass is 32.2. The van der Waals surface area contributed by atoms with Crippen molar-refractivity contribution in [2.75, 3.05) is 20.1 Å². The Morgan fingerprint density at radius 3 is 3.06 bits per heavy atom. The van der Waals surface area contributed by atoms with Gasteiger partial charge in [0.25, 0.3) is 0 Å². The average Bonchev–Trinajstić information content (AvgIpc) is 3.33. The zero-order valence-electron chi connectivity index (χ0n) is 16.8. The molecule has 5 rings (SSSR count). The molecule has 1 aliphatic rings. The summed E-state index contributed by atoms with van der Waals surface area (Å²) >= 11 is 2.99. The van der Waals surface area contributed by atoms with Crippen LogP contribution in [0.15, 0.2) is 52.8 Å². The van der Waals surface area contributed by atoms with Crippen molar-refractivity contribution in [3.05, 3.63) is 47.9 Å². The van der Waals surface area contributed by atoms with E-state index in [1.165, 1.54) is 11.3 Å². The Morgan fingerprint density at radius 1 is 1.39 bits per heavy atom. The van der Waals surface area contributed by atoms with Crippen LogP contribution in [0.4, 0.5) is 4.39 Å². The summed E-state index contributed by atoms with van der Waals surface area (Å²) in [5.41, 5.74) is 6.51. The fourth-order valence-corrected chi connectivity index (χ4v) is 6.25. The minimum Gasteiger partial charge on any atom is -0.369 e. The molecule has 1 fully saturated rings. The monoisotopic (exact) mass is 456 g/mol. The molecular weight excluding hydrogens is 435 g/mol. The zero-order chi connectivity index (χ0) is 21.5. The molecule has 31 heavy (non-hydrogen) atoms. The maximum Gasteiger partial charge on any atom is 0.234 e. The number of piperidine rings is 1. The van der Waals surface area contributed by atoms with E-state index in [0.717, 1.165) is 26.7 Å². The molecule has 1 saturated heterocycles. The number of thiazole rings is 1. The van der Waals surface area contributed by atoms with Gasteiger partial charge in [-0.15, -0.1) is 11.3 Å². The summed E-state index contributed by atoms with van der Waals surface area (Å²) in [5.74, 6) is -1.01. The van der Waals surface area contributed by atoms with E-state index in [9.17, 15) is 9.18 Å². The first-order valence-corrected chi connectivity index (χ1v) is 11.6. The van der Waals surface area contributed by atoms with E-state index >= 15 is 0 Å². The van der Waals surface area contributed by atoms with Gasteiger partial charge in [-0.1, -0.05) is 11.8 Å². The van der Waals surface area contributed by atoms with Crippen LogP contribution >= 0.6 is 23.1 Å². The third-order valence-electron chi connectivity index (χ3n) is 5.65. The standard InChI is InChI=1S/C21H21FN6OS2/c1-27-8-5-13(14(22)11-27)18(19(23)29)20-26-15-4-3-12(9-16(15)31-20)30-17-10-25-21-24-6-2-7-28(17)21/h2-4,6-7,9-10,13-14,18H,5,8,11H2,1H3,(H2,23,29). The van der Waals surface area contributed by atoms with Crippen LogP contribution in [0.2, 0.25) is 0 Å². The average molecular weight is 457 g/mol. The molecule has 0 bridgehead atoms. The van der Waals surface area contributed by atoms with Crippen molar-refractivity contribution < 1.29 is 9.18 Å². The van der Waals surface area contributed by atoms with Gasteiger partial charge in [-0.05, 0) is 44.3 Å². The van der Waals surface area contributed by atoms with E-state index < -0.39 is 23.9 Å². The largest absolute Gasteiger partial charge is 0.369 e. The number of nitrogens with zero attached hydrogens (tertiary/aromatic N) is 5. The number of hydrogen-bond donors (Lipinski definition) is 1. The molecule has 2 N–H and O–H groups in total. The van der Waals surface area contributed by atoms with E-state index in [4.69, 9.17) is 5.73 Å². The maximum absolute atomic E-state index is 14.8. The fraction of sp³-hybridized carbons (Fsp3) is 0.333. The van der Waals surface area contributed by atoms with Crippen LogP contribution < -0.4 is 5.73 Å². The summed E-state index contributed by atoms with van der Waals surface area (Å²) in [4.78, 5) is 28.5. The van der Waals surface area contributed by atoms with Gasteiger partial charge in [-0.25, -0.2) is 19.3 Å². The van der Waals surface area contributed by atoms with Gasteiger partial charge in [0, 0.05) is 29.8 Å². The number of nitrogens with two attached hydrogens (primary N) is 1. The molecular formula is C21H21FN6OS2. The predicted octanol–water partition coefficient (Wildman–Crippen LogP) is 3.35. The van der Waals surface area contributed by atoms with Gasteiger partial charge in [0.2, 0.25) is 11.7 Å². The summed E-state index contributed by atoms with van der Waals surface area (Å²) in [5, 5.41) is 1.55. The van der Waals surface area contributed by atoms with Crippen molar-refractivity contribution in [2.45, 2.75) is 28.4 Å². The lowest BCUT2D eigenvalue weighted by molar-refractivity contribution is -0.122. The van der Waals surface area contributed by atoms with Crippen LogP contribution in [0.1, 0.15) is 17.3 Å². The molecule has 0 aliphatic carbocycles. The van der Waals surface area contributed by atoms with Crippen LogP contribution in [0.5, 0.6) is 0 Å². The van der Waals surface area contributed by atoms with Gasteiger partial charge in [0.15, 0.2) is 0 Å². The van der Waals surface area contributed by atoms with E-state index in [2.05, 4.69) is 15.0 Å². The van der Waals surface area contributed by atoms with Gasteiger partial charge < -0.3 is 10.6 Å². The van der Waals surface area contributed by atoms with Crippen molar-refractivity contribution in [3.8, 4) is 0 Å². The van der Waals surface area contributed by atoms with E-state index in [-0.39, 0.29) is 0 Å². The number of rotatable bonds is 5. The summed E-state index contributed by atoms with van der Waals surface area (Å²) in [6, 6.07) is 7.82. The number of likely N-dealkylation sites (tertiary alicyclic amines) is 1. The highest BCUT2D eigenvalue weighted by Gasteiger charge is 2.39. The molecule has 3 aromatic heterocycles. The second-order valence-corrected chi connectivity index (χ2v) is 9.94. The van der Waals surface area contributed by atoms with Crippen molar-refractivity contribution in [2.24, 2.45) is 11.7 Å². The van der Waals surface area contributed by atoms with Crippen molar-refractivity contribution >= 4 is 45.0 Å². The van der Waals surface area contributed by atoms with Gasteiger partial charge >= 0.3 is 0 Å². The second-order valence-electron chi connectivity index (χ2n) is 7.78. The molecule has 1 aromatic carbocycles. The first-order valence-electron chi connectivity index (χ1n) is 9.98. The summed E-state index contributed by atoms with van der Waals surface area (Å²) in [6.45, 7) is 1.06. The number of halogens is 1. The number of carbonyl (C=O) groups is 1. The number of alkyl halides is 1. The number of aromatic nitrogens is 4. The van der Waals surface area contributed by atoms with Crippen LogP contribution in [0.25, 0.3) is 16.0 Å². The highest BCUT2D eigenvalue weighted by molar-refractivity contribution is 7.99. The Balaban J connectivity index is 1.45. The quantitative estimate of drug-likeness (QED) is 0.495. The Labute approximate surface area is 186 Å². The molecule has 4 aromatic rings. The maximum atomic E-state index is 14.8. The Bertz CT molecular complexity index is 1260. The number of benzene rings is 1. The topological polar surface area (TPSA) is 89.4 Å². The first-order chi connectivity index (χ1) is 15.0. The Morgan fingerprint density at radius 2 is 2.26 bits per heavy atom. The van der Waals surface area contributed by atoms with Gasteiger partial charge in [-0.3, -0.25) is 9.20 Å². The SMILES string of the molecule is CN1CCC(C(C(N)=O)c2nc3ccc(Sc4cnc5ncccn45)cc3s2)C(F)C1. The predicted molar refractivity (Wildman–Crippen MR) is 119 cm³/mol. The van der Waals surface area contributed by atoms with Crippen molar-refractivity contribution in [1.29, 1.82) is 0 Å². The number of hydrogen-bond acceptors (Lipinski definition) is 7. The number of primary amides is 1. The van der Waals surface area contributed by atoms with Crippen LogP contribution in [0, 0.1) is 5.92 Å². The molecule has 0 radical (unpaired) electrons. The third-order valence-corrected chi connectivity index (χ3v) is 7.75. The normalized spacial score (nSPS) is 21.0. The summed E-state index contributed by atoms with van der Waals surface area (Å²) in [7, 11) is 1.89. The van der Waals surface area contributed by atoms with Crippen molar-refractivity contribution in [1.82, 2.24) is 24.3 Å². The number of imidazole rings is 1. The molecule has 160 valence electrons. The lowest BCUT2D eigenvalue weighted by Gasteiger charge is -2.35. The second kappa shape index (κ2) is 8.18. The molecule has 3 unspecified atom stereocenters. The van der Waals surface area contributed by atoms with E-state index in [1.54, 1.807) is 24.2 Å². The third kappa shape index (κ3) is 3.90. The van der Waals surface area contributed by atoms with Crippen LogP contribution in [-0.2, 0) is 4.79 Å². The highest BCUT2D eigenvalue weighted by Crippen LogP contribution is 2.39. The smallest absolute Gasteiger partial charge is 0.234 e. The number of carbonyl (C=O) groups excluding carboxylic acids is 1. The Hall–Kier alpha value is -2.56. The molecule has 1 aliphatic heterocycles. The fourth-order valence-electron chi connectivity index (χ4n) is 4.09. The van der Waals surface area contributed by atoms with Crippen LogP contribution in [0.3, 0.4) is 0 Å². The summed E-state index contributed by atoms with van der Waals surface area (Å²) in [6.07, 6.45) is 4.92. The van der Waals surface area contributed by atoms with Crippen molar-refractivity contribution in [3.63, 3.8) is 0 Å². The lowest BCUT2D eigenvalue weighted by atomic mass is 9.83. The number of fused-ring (bicyclic) bond motifs is 2. The van der Waals surface area contributed by atoms with Crippen LogP contribution in [-0.4, -0.2) is 56.5 Å². The minimum atomic E-state index is -1.10. The van der Waals surface area contributed by atoms with Gasteiger partial charge in [-0.2, -0.15) is 0 Å². The van der Waals surface area contributed by atoms with E-state index in [0.29, 0.717) is 23.8 Å². The van der Waals surface area contributed by atoms with E-state index in [1.807, 2.05) is 46.8 Å².